The first-order valence-corrected chi connectivity index (χ1v) is 28.2. The lowest BCUT2D eigenvalue weighted by atomic mass is 9.33. The molecule has 0 saturated carbocycles. The largest absolute Gasteiger partial charge is 0.311 e. The van der Waals surface area contributed by atoms with Crippen molar-refractivity contribution in [2.75, 3.05) is 9.80 Å². The summed E-state index contributed by atoms with van der Waals surface area (Å²) in [4.78, 5) is 16.5. The Balaban J connectivity index is 1.16. The van der Waals surface area contributed by atoms with Crippen LogP contribution < -0.4 is 26.2 Å². The Hall–Kier alpha value is -8.28. The molecule has 0 aliphatic carbocycles. The van der Waals surface area contributed by atoms with Crippen molar-refractivity contribution in [3.63, 3.8) is 0 Å². The summed E-state index contributed by atoms with van der Waals surface area (Å²) in [6.07, 6.45) is 0. The third-order valence-electron chi connectivity index (χ3n) is 16.3. The molecule has 0 saturated heterocycles. The summed E-state index contributed by atoms with van der Waals surface area (Å²) in [5.41, 5.74) is 24.9. The minimum atomic E-state index is -0.0901. The van der Waals surface area contributed by atoms with Crippen molar-refractivity contribution in [3.8, 4) is 56.2 Å². The zero-order chi connectivity index (χ0) is 55.2. The van der Waals surface area contributed by atoms with Crippen molar-refractivity contribution in [3.05, 3.63) is 235 Å². The molecule has 0 spiro atoms. The average Bonchev–Trinajstić information content (AvgIpc) is 3.36. The Morgan fingerprint density at radius 1 is 0.291 bits per heavy atom. The summed E-state index contributed by atoms with van der Waals surface area (Å²) in [6.45, 7) is 27.7. The second-order valence-corrected chi connectivity index (χ2v) is 26.0. The molecule has 1 aromatic heterocycles. The highest BCUT2D eigenvalue weighted by Gasteiger charge is 2.43. The molecule has 5 heteroatoms. The van der Waals surface area contributed by atoms with Gasteiger partial charge in [0.05, 0.1) is 11.4 Å². The number of rotatable bonds is 7. The van der Waals surface area contributed by atoms with Gasteiger partial charge in [0.25, 0.3) is 6.71 Å². The van der Waals surface area contributed by atoms with Gasteiger partial charge in [0.15, 0.2) is 5.82 Å². The fraction of sp³-hybridized carbons (Fsp3) is 0.216. The van der Waals surface area contributed by atoms with Crippen LogP contribution in [0.5, 0.6) is 0 Å². The van der Waals surface area contributed by atoms with Crippen LogP contribution in [0.4, 0.5) is 34.1 Å². The van der Waals surface area contributed by atoms with Crippen molar-refractivity contribution in [2.45, 2.75) is 105 Å². The number of fused-ring (bicyclic) bond motifs is 4. The molecular formula is C74H71BN4. The third kappa shape index (κ3) is 9.68. The molecule has 0 unspecified atom stereocenters. The van der Waals surface area contributed by atoms with Gasteiger partial charge < -0.3 is 9.80 Å². The topological polar surface area (TPSA) is 32.3 Å². The van der Waals surface area contributed by atoms with E-state index < -0.39 is 0 Å². The molecule has 79 heavy (non-hydrogen) atoms. The molecule has 3 heterocycles. The lowest BCUT2D eigenvalue weighted by Crippen LogP contribution is -2.61. The monoisotopic (exact) mass is 1030 g/mol. The molecule has 9 aromatic carbocycles. The van der Waals surface area contributed by atoms with E-state index in [1.807, 2.05) is 0 Å². The molecule has 0 radical (unpaired) electrons. The highest BCUT2D eigenvalue weighted by Crippen LogP contribution is 2.47. The van der Waals surface area contributed by atoms with Gasteiger partial charge in [-0.2, -0.15) is 0 Å². The van der Waals surface area contributed by atoms with Crippen molar-refractivity contribution >= 4 is 57.2 Å². The van der Waals surface area contributed by atoms with E-state index in [2.05, 4.69) is 305 Å². The Bertz CT molecular complexity index is 3610. The van der Waals surface area contributed by atoms with E-state index in [0.29, 0.717) is 5.82 Å². The first kappa shape index (κ1) is 51.5. The molecular weight excluding hydrogens is 956 g/mol. The van der Waals surface area contributed by atoms with Crippen LogP contribution in [0.25, 0.3) is 56.2 Å². The normalized spacial score (nSPS) is 13.2. The number of nitrogens with zero attached hydrogens (tertiary/aromatic N) is 4. The van der Waals surface area contributed by atoms with E-state index >= 15 is 0 Å². The van der Waals surface area contributed by atoms with Crippen LogP contribution in [0, 0.1) is 0 Å². The van der Waals surface area contributed by atoms with E-state index in [9.17, 15) is 0 Å². The number of anilines is 6. The van der Waals surface area contributed by atoms with Crippen molar-refractivity contribution in [1.29, 1.82) is 0 Å². The van der Waals surface area contributed by atoms with Gasteiger partial charge in [-0.15, -0.1) is 0 Å². The summed E-state index contributed by atoms with van der Waals surface area (Å²) < 4.78 is 0. The smallest absolute Gasteiger partial charge is 0.252 e. The van der Waals surface area contributed by atoms with Crippen molar-refractivity contribution in [2.24, 2.45) is 0 Å². The molecule has 0 amide bonds. The predicted molar refractivity (Wildman–Crippen MR) is 338 cm³/mol. The number of hydrogen-bond acceptors (Lipinski definition) is 4. The maximum Gasteiger partial charge on any atom is 0.252 e. The maximum absolute atomic E-state index is 5.78. The van der Waals surface area contributed by atoms with Crippen LogP contribution in [0.15, 0.2) is 212 Å². The van der Waals surface area contributed by atoms with Gasteiger partial charge in [0, 0.05) is 50.8 Å². The molecule has 390 valence electrons. The lowest BCUT2D eigenvalue weighted by Gasteiger charge is -2.44. The van der Waals surface area contributed by atoms with E-state index in [1.54, 1.807) is 0 Å². The van der Waals surface area contributed by atoms with Crippen LogP contribution in [0.3, 0.4) is 0 Å². The second kappa shape index (κ2) is 19.3. The molecule has 0 atom stereocenters. The minimum Gasteiger partial charge on any atom is -0.311 e. The molecule has 0 fully saturated rings. The molecule has 0 bridgehead atoms. The van der Waals surface area contributed by atoms with Crippen molar-refractivity contribution in [1.82, 2.24) is 9.97 Å². The van der Waals surface area contributed by atoms with Crippen LogP contribution in [0.1, 0.15) is 105 Å². The van der Waals surface area contributed by atoms with Gasteiger partial charge in [-0.05, 0) is 161 Å². The summed E-state index contributed by atoms with van der Waals surface area (Å²) in [6, 6.07) is 78.9. The Labute approximate surface area is 470 Å². The number of benzene rings is 9. The van der Waals surface area contributed by atoms with E-state index in [4.69, 9.17) is 9.97 Å². The van der Waals surface area contributed by atoms with Crippen LogP contribution in [-0.4, -0.2) is 16.7 Å². The summed E-state index contributed by atoms with van der Waals surface area (Å²) >= 11 is 0. The lowest BCUT2D eigenvalue weighted by molar-refractivity contribution is 0.568. The number of para-hydroxylation sites is 2. The van der Waals surface area contributed by atoms with Gasteiger partial charge in [0.1, 0.15) is 0 Å². The SMILES string of the molecule is CC(C)(C)c1cc(-c2cc(-c3cc(C(C)(C)C)cc(C(C)(C)C)c3)nc(-c3cc4c5c(c3)N(c3ccc(-c6ccccc6)cc3)c3ccccc3B5c3ccccc3N4c3ccc(-c4ccccc4)cc3)n2)cc(C(C)(C)C)c1. The summed E-state index contributed by atoms with van der Waals surface area (Å²) in [5, 5.41) is 0. The maximum atomic E-state index is 5.78. The highest BCUT2D eigenvalue weighted by molar-refractivity contribution is 7.00. The molecule has 2 aliphatic heterocycles. The Morgan fingerprint density at radius 3 is 0.975 bits per heavy atom. The number of hydrogen-bond donors (Lipinski definition) is 0. The highest BCUT2D eigenvalue weighted by atomic mass is 15.2. The molecule has 10 aromatic rings. The fourth-order valence-electron chi connectivity index (χ4n) is 11.6. The standard InChI is InChI=1S/C74H71BN4/c1-71(2,3)55-39-52(40-56(45-55)72(4,5)6)63-47-64(53-41-57(73(7,8)9)46-58(42-53)74(10,11)12)77-70(76-63)54-43-67-69-68(44-54)79(60-37-33-51(34-38-60)49-25-17-14-18-26-49)66-30-22-20-28-62(66)75(69)61-27-19-21-29-65(61)78(67)59-35-31-50(32-36-59)48-23-15-13-16-24-48/h13-47H,1-12H3. The second-order valence-electron chi connectivity index (χ2n) is 26.0. The predicted octanol–water partition coefficient (Wildman–Crippen LogP) is 18.1. The van der Waals surface area contributed by atoms with Crippen LogP contribution in [0.2, 0.25) is 0 Å². The molecule has 0 N–H and O–H groups in total. The van der Waals surface area contributed by atoms with E-state index in [0.717, 1.165) is 62.2 Å². The van der Waals surface area contributed by atoms with Gasteiger partial charge in [-0.25, -0.2) is 9.97 Å². The number of aromatic nitrogens is 2. The quantitative estimate of drug-likeness (QED) is 0.149. The fourth-order valence-corrected chi connectivity index (χ4v) is 11.6. The Morgan fingerprint density at radius 2 is 0.620 bits per heavy atom. The molecule has 2 aliphatic rings. The zero-order valence-corrected chi connectivity index (χ0v) is 48.1. The average molecular weight is 1030 g/mol. The van der Waals surface area contributed by atoms with Crippen LogP contribution >= 0.6 is 0 Å². The molecule has 12 rings (SSSR count). The van der Waals surface area contributed by atoms with E-state index in [-0.39, 0.29) is 28.4 Å². The van der Waals surface area contributed by atoms with Gasteiger partial charge in [-0.3, -0.25) is 0 Å². The first-order chi connectivity index (χ1) is 37.7. The van der Waals surface area contributed by atoms with Crippen molar-refractivity contribution < 1.29 is 0 Å². The zero-order valence-electron chi connectivity index (χ0n) is 48.1. The minimum absolute atomic E-state index is 0.0409. The van der Waals surface area contributed by atoms with Gasteiger partial charge in [-0.1, -0.05) is 217 Å². The van der Waals surface area contributed by atoms with Gasteiger partial charge >= 0.3 is 0 Å². The molecule has 4 nitrogen and oxygen atoms in total. The first-order valence-electron chi connectivity index (χ1n) is 28.2. The van der Waals surface area contributed by atoms with E-state index in [1.165, 1.54) is 60.9 Å². The Kier molecular flexibility index (Phi) is 12.6. The van der Waals surface area contributed by atoms with Crippen LogP contribution in [-0.2, 0) is 21.7 Å². The van der Waals surface area contributed by atoms with Gasteiger partial charge in [0.2, 0.25) is 0 Å². The summed E-state index contributed by atoms with van der Waals surface area (Å²) in [7, 11) is 0. The summed E-state index contributed by atoms with van der Waals surface area (Å²) in [5.74, 6) is 0.677. The third-order valence-corrected chi connectivity index (χ3v) is 16.3.